The van der Waals surface area contributed by atoms with Crippen LogP contribution in [0, 0.1) is 0 Å². The van der Waals surface area contributed by atoms with Crippen molar-refractivity contribution in [2.75, 3.05) is 11.4 Å². The Labute approximate surface area is 116 Å². The summed E-state index contributed by atoms with van der Waals surface area (Å²) in [5.74, 6) is 0.558. The van der Waals surface area contributed by atoms with Gasteiger partial charge in [-0.05, 0) is 24.1 Å². The van der Waals surface area contributed by atoms with Crippen LogP contribution in [0.3, 0.4) is 0 Å². The van der Waals surface area contributed by atoms with Crippen molar-refractivity contribution in [3.05, 3.63) is 46.3 Å². The van der Waals surface area contributed by atoms with Gasteiger partial charge in [-0.3, -0.25) is 0 Å². The van der Waals surface area contributed by atoms with Crippen LogP contribution in [0.4, 0.5) is 5.82 Å². The van der Waals surface area contributed by atoms with Crippen LogP contribution in [0.25, 0.3) is 0 Å². The quantitative estimate of drug-likeness (QED) is 0.864. The number of benzene rings is 1. The van der Waals surface area contributed by atoms with Crippen LogP contribution in [0.2, 0.25) is 10.4 Å². The van der Waals surface area contributed by atoms with Gasteiger partial charge >= 0.3 is 0 Å². The van der Waals surface area contributed by atoms with Crippen molar-refractivity contribution in [2.24, 2.45) is 0 Å². The molecule has 0 spiro atoms. The Hall–Kier alpha value is -1.39. The fraction of sp³-hybridized carbons (Fsp3) is 0.250. The SMILES string of the molecule is CCN(Cc1ccccc1)c1nc(Cl)nnc1Cl. The molecule has 2 aromatic rings. The number of nitrogens with zero attached hydrogens (tertiary/aromatic N) is 4. The third-order valence-corrected chi connectivity index (χ3v) is 2.91. The zero-order chi connectivity index (χ0) is 13.0. The van der Waals surface area contributed by atoms with E-state index in [1.807, 2.05) is 42.2 Å². The minimum atomic E-state index is 0.0981. The molecule has 0 radical (unpaired) electrons. The van der Waals surface area contributed by atoms with Crippen molar-refractivity contribution >= 4 is 29.0 Å². The van der Waals surface area contributed by atoms with Gasteiger partial charge in [0, 0.05) is 13.1 Å². The molecule has 94 valence electrons. The fourth-order valence-corrected chi connectivity index (χ4v) is 1.94. The standard InChI is InChI=1S/C12H12Cl2N4/c1-2-18(8-9-6-4-3-5-7-9)11-10(13)16-17-12(14)15-11/h3-7H,2,8H2,1H3. The number of hydrogen-bond acceptors (Lipinski definition) is 4. The Kier molecular flexibility index (Phi) is 4.33. The first-order valence-corrected chi connectivity index (χ1v) is 6.31. The van der Waals surface area contributed by atoms with Crippen molar-refractivity contribution in [1.82, 2.24) is 15.2 Å². The molecule has 0 fully saturated rings. The summed E-state index contributed by atoms with van der Waals surface area (Å²) in [5, 5.41) is 7.74. The molecule has 18 heavy (non-hydrogen) atoms. The van der Waals surface area contributed by atoms with Gasteiger partial charge in [0.2, 0.25) is 5.28 Å². The van der Waals surface area contributed by atoms with E-state index >= 15 is 0 Å². The molecule has 0 amide bonds. The topological polar surface area (TPSA) is 41.9 Å². The highest BCUT2D eigenvalue weighted by Gasteiger charge is 2.13. The second-order valence-electron chi connectivity index (χ2n) is 3.70. The van der Waals surface area contributed by atoms with Gasteiger partial charge in [-0.2, -0.15) is 4.98 Å². The van der Waals surface area contributed by atoms with E-state index in [-0.39, 0.29) is 10.4 Å². The van der Waals surface area contributed by atoms with Gasteiger partial charge in [0.25, 0.3) is 0 Å². The summed E-state index contributed by atoms with van der Waals surface area (Å²) < 4.78 is 0. The van der Waals surface area contributed by atoms with Crippen LogP contribution in [0.15, 0.2) is 30.3 Å². The third kappa shape index (κ3) is 3.09. The molecule has 0 atom stereocenters. The molecule has 2 rings (SSSR count). The predicted molar refractivity (Wildman–Crippen MR) is 73.0 cm³/mol. The number of hydrogen-bond donors (Lipinski definition) is 0. The molecule has 1 aromatic heterocycles. The second kappa shape index (κ2) is 5.98. The Balaban J connectivity index is 2.26. The van der Waals surface area contributed by atoms with Crippen LogP contribution in [-0.2, 0) is 6.54 Å². The van der Waals surface area contributed by atoms with Crippen molar-refractivity contribution in [2.45, 2.75) is 13.5 Å². The van der Waals surface area contributed by atoms with Gasteiger partial charge < -0.3 is 4.90 Å². The molecular weight excluding hydrogens is 271 g/mol. The molecule has 4 nitrogen and oxygen atoms in total. The first-order valence-electron chi connectivity index (χ1n) is 5.55. The first-order chi connectivity index (χ1) is 8.70. The first kappa shape index (κ1) is 13.1. The van der Waals surface area contributed by atoms with E-state index < -0.39 is 0 Å². The molecule has 0 bridgehead atoms. The lowest BCUT2D eigenvalue weighted by molar-refractivity contribution is 0.796. The zero-order valence-electron chi connectivity index (χ0n) is 9.85. The van der Waals surface area contributed by atoms with E-state index in [2.05, 4.69) is 15.2 Å². The molecule has 0 aliphatic rings. The summed E-state index contributed by atoms with van der Waals surface area (Å²) in [7, 11) is 0. The maximum absolute atomic E-state index is 6.00. The van der Waals surface area contributed by atoms with Gasteiger partial charge in [-0.1, -0.05) is 41.9 Å². The van der Waals surface area contributed by atoms with Crippen LogP contribution in [0.5, 0.6) is 0 Å². The van der Waals surface area contributed by atoms with Gasteiger partial charge in [-0.25, -0.2) is 0 Å². The van der Waals surface area contributed by atoms with Gasteiger partial charge in [0.1, 0.15) is 0 Å². The molecule has 1 aromatic carbocycles. The summed E-state index contributed by atoms with van der Waals surface area (Å²) in [4.78, 5) is 6.12. The number of rotatable bonds is 4. The number of aromatic nitrogens is 3. The highest BCUT2D eigenvalue weighted by molar-refractivity contribution is 6.32. The van der Waals surface area contributed by atoms with Crippen LogP contribution >= 0.6 is 23.2 Å². The maximum atomic E-state index is 6.00. The summed E-state index contributed by atoms with van der Waals surface area (Å²) in [5.41, 5.74) is 1.17. The lowest BCUT2D eigenvalue weighted by atomic mass is 10.2. The van der Waals surface area contributed by atoms with Crippen LogP contribution < -0.4 is 4.90 Å². The van der Waals surface area contributed by atoms with Gasteiger partial charge in [0.15, 0.2) is 11.0 Å². The van der Waals surface area contributed by atoms with Crippen molar-refractivity contribution in [1.29, 1.82) is 0 Å². The van der Waals surface area contributed by atoms with Crippen molar-refractivity contribution < 1.29 is 0 Å². The minimum absolute atomic E-state index is 0.0981. The molecule has 0 saturated carbocycles. The van der Waals surface area contributed by atoms with E-state index in [1.54, 1.807) is 0 Å². The molecule has 0 N–H and O–H groups in total. The lowest BCUT2D eigenvalue weighted by Crippen LogP contribution is -2.24. The molecule has 1 heterocycles. The average molecular weight is 283 g/mol. The average Bonchev–Trinajstić information content (AvgIpc) is 2.40. The molecule has 0 aliphatic carbocycles. The largest absolute Gasteiger partial charge is 0.350 e. The molecule has 0 unspecified atom stereocenters. The monoisotopic (exact) mass is 282 g/mol. The van der Waals surface area contributed by atoms with Gasteiger partial charge in [0.05, 0.1) is 0 Å². The van der Waals surface area contributed by atoms with E-state index in [0.29, 0.717) is 12.4 Å². The third-order valence-electron chi connectivity index (χ3n) is 2.50. The Morgan fingerprint density at radius 1 is 1.11 bits per heavy atom. The zero-order valence-corrected chi connectivity index (χ0v) is 11.4. The number of anilines is 1. The summed E-state index contributed by atoms with van der Waals surface area (Å²) in [6, 6.07) is 10.1. The van der Waals surface area contributed by atoms with Crippen molar-refractivity contribution in [3.8, 4) is 0 Å². The smallest absolute Gasteiger partial charge is 0.245 e. The highest BCUT2D eigenvalue weighted by Crippen LogP contribution is 2.22. The summed E-state index contributed by atoms with van der Waals surface area (Å²) >= 11 is 11.8. The highest BCUT2D eigenvalue weighted by atomic mass is 35.5. The van der Waals surface area contributed by atoms with Crippen LogP contribution in [0.1, 0.15) is 12.5 Å². The molecular formula is C12H12Cl2N4. The minimum Gasteiger partial charge on any atom is -0.350 e. The van der Waals surface area contributed by atoms with Gasteiger partial charge in [-0.15, -0.1) is 10.2 Å². The van der Waals surface area contributed by atoms with Crippen LogP contribution in [-0.4, -0.2) is 21.7 Å². The second-order valence-corrected chi connectivity index (χ2v) is 4.39. The Morgan fingerprint density at radius 2 is 1.83 bits per heavy atom. The Morgan fingerprint density at radius 3 is 2.50 bits per heavy atom. The van der Waals surface area contributed by atoms with E-state index in [4.69, 9.17) is 23.2 Å². The lowest BCUT2D eigenvalue weighted by Gasteiger charge is -2.22. The van der Waals surface area contributed by atoms with E-state index in [9.17, 15) is 0 Å². The molecule has 6 heteroatoms. The number of halogens is 2. The summed E-state index contributed by atoms with van der Waals surface area (Å²) in [6.07, 6.45) is 0. The van der Waals surface area contributed by atoms with E-state index in [0.717, 1.165) is 6.54 Å². The molecule has 0 saturated heterocycles. The molecule has 0 aliphatic heterocycles. The summed E-state index contributed by atoms with van der Waals surface area (Å²) in [6.45, 7) is 3.48. The maximum Gasteiger partial charge on any atom is 0.245 e. The van der Waals surface area contributed by atoms with Crippen molar-refractivity contribution in [3.63, 3.8) is 0 Å². The fourth-order valence-electron chi connectivity index (χ4n) is 1.63. The Bertz CT molecular complexity index is 519. The predicted octanol–water partition coefficient (Wildman–Crippen LogP) is 3.20. The normalized spacial score (nSPS) is 10.4. The van der Waals surface area contributed by atoms with E-state index in [1.165, 1.54) is 5.56 Å².